The molecule has 0 N–H and O–H groups in total. The van der Waals surface area contributed by atoms with E-state index >= 15 is 0 Å². The summed E-state index contributed by atoms with van der Waals surface area (Å²) in [6.07, 6.45) is 1.66. The number of fused-ring (bicyclic) bond motifs is 1. The Kier molecular flexibility index (Phi) is 4.35. The van der Waals surface area contributed by atoms with Gasteiger partial charge in [-0.05, 0) is 26.0 Å². The Morgan fingerprint density at radius 2 is 2.00 bits per heavy atom. The minimum atomic E-state index is -0.834. The Morgan fingerprint density at radius 1 is 1.24 bits per heavy atom. The summed E-state index contributed by atoms with van der Waals surface area (Å²) >= 11 is 1.42. The van der Waals surface area contributed by atoms with Crippen molar-refractivity contribution in [1.82, 2.24) is 14.5 Å². The number of aromatic nitrogens is 2. The maximum atomic E-state index is 12.9. The molecule has 0 saturated heterocycles. The molecule has 1 aromatic carbocycles. The molecule has 2 aromatic heterocycles. The van der Waals surface area contributed by atoms with E-state index in [0.717, 1.165) is 16.7 Å². The number of nitrogens with zero attached hydrogens (tertiary/aromatic N) is 4. The van der Waals surface area contributed by atoms with Crippen LogP contribution in [0.15, 0.2) is 35.8 Å². The van der Waals surface area contributed by atoms with Gasteiger partial charge in [-0.2, -0.15) is 0 Å². The zero-order chi connectivity index (χ0) is 20.9. The van der Waals surface area contributed by atoms with Gasteiger partial charge < -0.3 is 0 Å². The lowest BCUT2D eigenvalue weighted by Gasteiger charge is -2.12. The number of hydrogen-bond acceptors (Lipinski definition) is 7. The maximum Gasteiger partial charge on any atom is 0.282 e. The number of imide groups is 1. The van der Waals surface area contributed by atoms with Crippen LogP contribution in [0, 0.1) is 24.0 Å². The number of thiazole rings is 1. The summed E-state index contributed by atoms with van der Waals surface area (Å²) in [5.41, 5.74) is 1.01. The maximum absolute atomic E-state index is 12.9. The first kappa shape index (κ1) is 18.7. The van der Waals surface area contributed by atoms with Gasteiger partial charge in [0.25, 0.3) is 17.5 Å². The van der Waals surface area contributed by atoms with Gasteiger partial charge in [0.05, 0.1) is 17.0 Å². The Balaban J connectivity index is 1.66. The van der Waals surface area contributed by atoms with Crippen LogP contribution in [0.25, 0.3) is 5.13 Å². The minimum Gasteiger partial charge on any atom is -0.294 e. The van der Waals surface area contributed by atoms with E-state index in [1.165, 1.54) is 23.5 Å². The van der Waals surface area contributed by atoms with Crippen molar-refractivity contribution in [2.75, 3.05) is 6.54 Å². The number of ketones is 1. The van der Waals surface area contributed by atoms with E-state index in [0.29, 0.717) is 16.4 Å². The van der Waals surface area contributed by atoms with Crippen molar-refractivity contribution < 1.29 is 19.3 Å². The van der Waals surface area contributed by atoms with Gasteiger partial charge in [0.1, 0.15) is 5.56 Å². The number of nitro benzene ring substituents is 1. The van der Waals surface area contributed by atoms with Crippen LogP contribution < -0.4 is 0 Å². The molecule has 9 nitrogen and oxygen atoms in total. The second-order valence-corrected chi connectivity index (χ2v) is 7.38. The number of amides is 2. The first-order valence-electron chi connectivity index (χ1n) is 8.57. The third-order valence-corrected chi connectivity index (χ3v) is 5.57. The van der Waals surface area contributed by atoms with Crippen molar-refractivity contribution >= 4 is 34.6 Å². The summed E-state index contributed by atoms with van der Waals surface area (Å²) in [6.45, 7) is 3.09. The van der Waals surface area contributed by atoms with E-state index in [4.69, 9.17) is 0 Å². The molecule has 146 valence electrons. The van der Waals surface area contributed by atoms with Crippen LogP contribution in [0.4, 0.5) is 5.69 Å². The molecule has 2 amide bonds. The third kappa shape index (κ3) is 2.85. The molecule has 1 aliphatic heterocycles. The predicted molar refractivity (Wildman–Crippen MR) is 104 cm³/mol. The van der Waals surface area contributed by atoms with Crippen LogP contribution in [0.3, 0.4) is 0 Å². The summed E-state index contributed by atoms with van der Waals surface area (Å²) in [4.78, 5) is 53.7. The fraction of sp³-hybridized carbons (Fsp3) is 0.158. The molecule has 0 spiro atoms. The normalized spacial score (nSPS) is 13.1. The smallest absolute Gasteiger partial charge is 0.282 e. The summed E-state index contributed by atoms with van der Waals surface area (Å²) in [6, 6.07) is 5.53. The van der Waals surface area contributed by atoms with Gasteiger partial charge >= 0.3 is 0 Å². The molecule has 0 unspecified atom stereocenters. The Bertz CT molecular complexity index is 1200. The van der Waals surface area contributed by atoms with Gasteiger partial charge in [0.2, 0.25) is 0 Å². The van der Waals surface area contributed by atoms with Gasteiger partial charge in [-0.25, -0.2) is 4.98 Å². The molecule has 3 aromatic rings. The van der Waals surface area contributed by atoms with Crippen LogP contribution in [0.2, 0.25) is 0 Å². The quantitative estimate of drug-likeness (QED) is 0.276. The number of aryl methyl sites for hydroxylation is 1. The predicted octanol–water partition coefficient (Wildman–Crippen LogP) is 2.94. The fourth-order valence-corrected chi connectivity index (χ4v) is 4.26. The molecule has 0 radical (unpaired) electrons. The molecule has 29 heavy (non-hydrogen) atoms. The summed E-state index contributed by atoms with van der Waals surface area (Å²) < 4.78 is 1.82. The van der Waals surface area contributed by atoms with Crippen LogP contribution in [-0.4, -0.2) is 43.5 Å². The molecule has 0 saturated carbocycles. The lowest BCUT2D eigenvalue weighted by Crippen LogP contribution is -2.35. The van der Waals surface area contributed by atoms with E-state index in [2.05, 4.69) is 4.98 Å². The highest BCUT2D eigenvalue weighted by Gasteiger charge is 2.42. The van der Waals surface area contributed by atoms with Gasteiger partial charge in [0.15, 0.2) is 10.9 Å². The van der Waals surface area contributed by atoms with Crippen LogP contribution in [0.1, 0.15) is 42.5 Å². The van der Waals surface area contributed by atoms with Crippen LogP contribution in [0.5, 0.6) is 0 Å². The molecule has 4 rings (SSSR count). The highest BCUT2D eigenvalue weighted by atomic mass is 32.1. The summed E-state index contributed by atoms with van der Waals surface area (Å²) in [5.74, 6) is -1.98. The van der Waals surface area contributed by atoms with Gasteiger partial charge in [-0.1, -0.05) is 6.07 Å². The Morgan fingerprint density at radius 3 is 2.66 bits per heavy atom. The van der Waals surface area contributed by atoms with E-state index in [-0.39, 0.29) is 11.1 Å². The van der Waals surface area contributed by atoms with Crippen molar-refractivity contribution in [1.29, 1.82) is 0 Å². The van der Waals surface area contributed by atoms with E-state index in [9.17, 15) is 24.5 Å². The largest absolute Gasteiger partial charge is 0.294 e. The van der Waals surface area contributed by atoms with Crippen LogP contribution in [-0.2, 0) is 0 Å². The highest BCUT2D eigenvalue weighted by molar-refractivity contribution is 7.12. The van der Waals surface area contributed by atoms with Crippen molar-refractivity contribution in [3.8, 4) is 5.13 Å². The standard InChI is InChI=1S/C19H14N4O5S/c1-10-8-13(11(2)22(10)19-20-6-7-29-19)15(24)9-21-17(25)12-4-3-5-14(23(27)28)16(12)18(21)26/h3-8H,9H2,1-2H3. The molecule has 3 heterocycles. The number of rotatable bonds is 5. The summed E-state index contributed by atoms with van der Waals surface area (Å²) in [5, 5.41) is 13.7. The van der Waals surface area contributed by atoms with Crippen molar-refractivity contribution in [3.63, 3.8) is 0 Å². The van der Waals surface area contributed by atoms with Crippen molar-refractivity contribution in [2.24, 2.45) is 0 Å². The fourth-order valence-electron chi connectivity index (χ4n) is 3.51. The molecule has 0 aliphatic carbocycles. The molecular weight excluding hydrogens is 396 g/mol. The average molecular weight is 410 g/mol. The number of benzene rings is 1. The van der Waals surface area contributed by atoms with E-state index in [1.807, 2.05) is 16.9 Å². The van der Waals surface area contributed by atoms with Crippen LogP contribution >= 0.6 is 11.3 Å². The van der Waals surface area contributed by atoms with E-state index < -0.39 is 34.8 Å². The first-order chi connectivity index (χ1) is 13.8. The molecule has 10 heteroatoms. The van der Waals surface area contributed by atoms with Crippen molar-refractivity contribution in [2.45, 2.75) is 13.8 Å². The minimum absolute atomic E-state index is 0.0646. The zero-order valence-corrected chi connectivity index (χ0v) is 16.2. The highest BCUT2D eigenvalue weighted by Crippen LogP contribution is 2.31. The lowest BCUT2D eigenvalue weighted by molar-refractivity contribution is -0.385. The number of carbonyl (C=O) groups excluding carboxylic acids is 3. The second kappa shape index (κ2) is 6.74. The van der Waals surface area contributed by atoms with Gasteiger partial charge in [-0.3, -0.25) is 34.0 Å². The monoisotopic (exact) mass is 410 g/mol. The molecule has 0 bridgehead atoms. The van der Waals surface area contributed by atoms with Gasteiger partial charge in [0, 0.05) is 34.6 Å². The van der Waals surface area contributed by atoms with E-state index in [1.54, 1.807) is 19.2 Å². The first-order valence-corrected chi connectivity index (χ1v) is 9.44. The number of nitro groups is 1. The number of carbonyl (C=O) groups is 3. The molecular formula is C19H14N4O5S. The third-order valence-electron chi connectivity index (χ3n) is 4.82. The SMILES string of the molecule is Cc1cc(C(=O)CN2C(=O)c3cccc([N+](=O)[O-])c3C2=O)c(C)n1-c1nccs1. The zero-order valence-electron chi connectivity index (χ0n) is 15.4. The van der Waals surface area contributed by atoms with Crippen molar-refractivity contribution in [3.05, 3.63) is 74.0 Å². The second-order valence-electron chi connectivity index (χ2n) is 6.51. The molecule has 0 atom stereocenters. The van der Waals surface area contributed by atoms with Gasteiger partial charge in [-0.15, -0.1) is 11.3 Å². The number of Topliss-reactive ketones (excluding diaryl/α,β-unsaturated/α-hetero) is 1. The topological polar surface area (TPSA) is 115 Å². The number of hydrogen-bond donors (Lipinski definition) is 0. The average Bonchev–Trinajstić information content (AvgIpc) is 3.36. The molecule has 1 aliphatic rings. The summed E-state index contributed by atoms with van der Waals surface area (Å²) in [7, 11) is 0. The lowest BCUT2D eigenvalue weighted by atomic mass is 10.1. The molecule has 0 fully saturated rings. The Hall–Kier alpha value is -3.66. The Labute approximate surface area is 168 Å².